The minimum absolute atomic E-state index is 0.311. The summed E-state index contributed by atoms with van der Waals surface area (Å²) in [4.78, 5) is 0. The molecular weight excluding hydrogens is 282 g/mol. The maximum Gasteiger partial charge on any atom is 0.200 e. The average molecular weight is 306 g/mol. The van der Waals surface area contributed by atoms with E-state index in [1.165, 1.54) is 37.8 Å². The zero-order valence-corrected chi connectivity index (χ0v) is 13.1. The second kappa shape index (κ2) is 6.39. The van der Waals surface area contributed by atoms with E-state index in [4.69, 9.17) is 0 Å². The van der Waals surface area contributed by atoms with Crippen LogP contribution in [0.3, 0.4) is 0 Å². The molecule has 0 spiro atoms. The molecular formula is C19H24F2O. The molecule has 0 amide bonds. The standard InChI is InChI=1S/C19H24F2O/c1-12-2-4-13(5-3-12)14-6-8-15(9-7-14)16-10-11-17(22)19(21)18(16)20/h8,10-14,22H,2-7,9H2,1H3. The summed E-state index contributed by atoms with van der Waals surface area (Å²) in [6, 6.07) is 2.73. The molecule has 1 nitrogen and oxygen atoms in total. The van der Waals surface area contributed by atoms with Crippen LogP contribution in [0.4, 0.5) is 8.78 Å². The molecule has 0 radical (unpaired) electrons. The Morgan fingerprint density at radius 1 is 0.955 bits per heavy atom. The van der Waals surface area contributed by atoms with Crippen LogP contribution >= 0.6 is 0 Å². The van der Waals surface area contributed by atoms with Gasteiger partial charge in [-0.15, -0.1) is 0 Å². The topological polar surface area (TPSA) is 20.2 Å². The third-order valence-corrected chi connectivity index (χ3v) is 5.59. The molecule has 0 saturated heterocycles. The lowest BCUT2D eigenvalue weighted by molar-refractivity contribution is 0.202. The highest BCUT2D eigenvalue weighted by atomic mass is 19.2. The highest BCUT2D eigenvalue weighted by molar-refractivity contribution is 5.67. The number of phenols is 1. The molecule has 0 aromatic heterocycles. The van der Waals surface area contributed by atoms with Gasteiger partial charge < -0.3 is 5.11 Å². The van der Waals surface area contributed by atoms with Crippen LogP contribution in [0.1, 0.15) is 57.4 Å². The molecule has 1 unspecified atom stereocenters. The Bertz CT molecular complexity index is 571. The fourth-order valence-corrected chi connectivity index (χ4v) is 4.07. The summed E-state index contributed by atoms with van der Waals surface area (Å²) >= 11 is 0. The van der Waals surface area contributed by atoms with Gasteiger partial charge in [-0.1, -0.05) is 25.8 Å². The highest BCUT2D eigenvalue weighted by Gasteiger charge is 2.28. The smallest absolute Gasteiger partial charge is 0.200 e. The minimum atomic E-state index is -1.14. The molecule has 3 rings (SSSR count). The summed E-state index contributed by atoms with van der Waals surface area (Å²) in [7, 11) is 0. The van der Waals surface area contributed by atoms with E-state index in [1.54, 1.807) is 0 Å². The lowest BCUT2D eigenvalue weighted by Crippen LogP contribution is -2.22. The van der Waals surface area contributed by atoms with Crippen molar-refractivity contribution in [1.82, 2.24) is 0 Å². The zero-order valence-electron chi connectivity index (χ0n) is 13.1. The summed E-state index contributed by atoms with van der Waals surface area (Å²) in [5, 5.41) is 9.22. The van der Waals surface area contributed by atoms with Crippen LogP contribution in [0.15, 0.2) is 18.2 Å². The number of hydrogen-bond donors (Lipinski definition) is 1. The van der Waals surface area contributed by atoms with Crippen molar-refractivity contribution in [3.05, 3.63) is 35.4 Å². The van der Waals surface area contributed by atoms with Crippen molar-refractivity contribution in [2.24, 2.45) is 17.8 Å². The molecule has 1 saturated carbocycles. The first-order valence-electron chi connectivity index (χ1n) is 8.42. The van der Waals surface area contributed by atoms with Gasteiger partial charge in [0.1, 0.15) is 0 Å². The number of rotatable bonds is 2. The van der Waals surface area contributed by atoms with E-state index in [-0.39, 0.29) is 0 Å². The first-order valence-corrected chi connectivity index (χ1v) is 8.42. The van der Waals surface area contributed by atoms with Crippen molar-refractivity contribution in [3.63, 3.8) is 0 Å². The van der Waals surface area contributed by atoms with Crippen molar-refractivity contribution in [1.29, 1.82) is 0 Å². The van der Waals surface area contributed by atoms with Gasteiger partial charge in [-0.05, 0) is 67.6 Å². The highest BCUT2D eigenvalue weighted by Crippen LogP contribution is 2.41. The van der Waals surface area contributed by atoms with Crippen molar-refractivity contribution in [2.45, 2.75) is 51.9 Å². The average Bonchev–Trinajstić information content (AvgIpc) is 2.54. The number of halogens is 2. The summed E-state index contributed by atoms with van der Waals surface area (Å²) < 4.78 is 27.5. The maximum absolute atomic E-state index is 14.0. The number of benzene rings is 1. The molecule has 1 atom stereocenters. The predicted octanol–water partition coefficient (Wildman–Crippen LogP) is 5.68. The minimum Gasteiger partial charge on any atom is -0.505 e. The van der Waals surface area contributed by atoms with Gasteiger partial charge in [0.15, 0.2) is 11.6 Å². The third kappa shape index (κ3) is 3.04. The predicted molar refractivity (Wildman–Crippen MR) is 84.5 cm³/mol. The molecule has 1 fully saturated rings. The van der Waals surface area contributed by atoms with Crippen LogP contribution in [0, 0.1) is 29.4 Å². The van der Waals surface area contributed by atoms with Gasteiger partial charge in [0.05, 0.1) is 0 Å². The van der Waals surface area contributed by atoms with Crippen molar-refractivity contribution >= 4 is 5.57 Å². The van der Waals surface area contributed by atoms with Gasteiger partial charge >= 0.3 is 0 Å². The van der Waals surface area contributed by atoms with E-state index in [0.29, 0.717) is 11.5 Å². The fraction of sp³-hybridized carbons (Fsp3) is 0.579. The quantitative estimate of drug-likeness (QED) is 0.745. The number of allylic oxidation sites excluding steroid dienone is 2. The van der Waals surface area contributed by atoms with E-state index in [9.17, 15) is 13.9 Å². The third-order valence-electron chi connectivity index (χ3n) is 5.59. The first-order chi connectivity index (χ1) is 10.6. The summed E-state index contributed by atoms with van der Waals surface area (Å²) in [5.41, 5.74) is 1.20. The van der Waals surface area contributed by atoms with Gasteiger partial charge in [-0.2, -0.15) is 4.39 Å². The van der Waals surface area contributed by atoms with E-state index >= 15 is 0 Å². The Balaban J connectivity index is 1.70. The Morgan fingerprint density at radius 2 is 1.68 bits per heavy atom. The van der Waals surface area contributed by atoms with Gasteiger partial charge in [-0.3, -0.25) is 0 Å². The summed E-state index contributed by atoms with van der Waals surface area (Å²) in [6.07, 6.45) is 10.2. The van der Waals surface area contributed by atoms with Crippen LogP contribution < -0.4 is 0 Å². The number of hydrogen-bond acceptors (Lipinski definition) is 1. The van der Waals surface area contributed by atoms with Crippen molar-refractivity contribution < 1.29 is 13.9 Å². The first kappa shape index (κ1) is 15.5. The van der Waals surface area contributed by atoms with Crippen molar-refractivity contribution in [3.8, 4) is 5.75 Å². The van der Waals surface area contributed by atoms with E-state index in [1.807, 2.05) is 0 Å². The number of phenolic OH excluding ortho intramolecular Hbond substituents is 1. The molecule has 1 aromatic rings. The maximum atomic E-state index is 14.0. The van der Waals surface area contributed by atoms with Crippen molar-refractivity contribution in [2.75, 3.05) is 0 Å². The molecule has 1 N–H and O–H groups in total. The Morgan fingerprint density at radius 3 is 2.32 bits per heavy atom. The molecule has 120 valence electrons. The van der Waals surface area contributed by atoms with Gasteiger partial charge in [0.2, 0.25) is 5.82 Å². The molecule has 3 heteroatoms. The van der Waals surface area contributed by atoms with Gasteiger partial charge in [0, 0.05) is 5.56 Å². The van der Waals surface area contributed by atoms with Crippen LogP contribution in [0.5, 0.6) is 5.75 Å². The van der Waals surface area contributed by atoms with Gasteiger partial charge in [0.25, 0.3) is 0 Å². The van der Waals surface area contributed by atoms with Crippen LogP contribution in [-0.4, -0.2) is 5.11 Å². The van der Waals surface area contributed by atoms with Crippen LogP contribution in [0.25, 0.3) is 5.57 Å². The fourth-order valence-electron chi connectivity index (χ4n) is 4.07. The molecule has 0 heterocycles. The Kier molecular flexibility index (Phi) is 4.51. The molecule has 0 aliphatic heterocycles. The lowest BCUT2D eigenvalue weighted by Gasteiger charge is -2.34. The monoisotopic (exact) mass is 306 g/mol. The van der Waals surface area contributed by atoms with Crippen LogP contribution in [-0.2, 0) is 0 Å². The summed E-state index contributed by atoms with van der Waals surface area (Å²) in [5.74, 6) is -0.318. The Hall–Kier alpha value is -1.38. The largest absolute Gasteiger partial charge is 0.505 e. The molecule has 2 aliphatic rings. The SMILES string of the molecule is CC1CCC(C2CC=C(c3ccc(O)c(F)c3F)CC2)CC1. The normalized spacial score (nSPS) is 29.2. The van der Waals surface area contributed by atoms with E-state index < -0.39 is 17.4 Å². The number of aromatic hydroxyl groups is 1. The van der Waals surface area contributed by atoms with Gasteiger partial charge in [-0.25, -0.2) is 4.39 Å². The lowest BCUT2D eigenvalue weighted by atomic mass is 9.71. The molecule has 22 heavy (non-hydrogen) atoms. The molecule has 0 bridgehead atoms. The molecule has 1 aromatic carbocycles. The summed E-state index contributed by atoms with van der Waals surface area (Å²) in [6.45, 7) is 2.33. The Labute approximate surface area is 131 Å². The van der Waals surface area contributed by atoms with E-state index in [0.717, 1.165) is 36.7 Å². The molecule has 2 aliphatic carbocycles. The zero-order chi connectivity index (χ0) is 15.7. The second-order valence-corrected chi connectivity index (χ2v) is 7.04. The second-order valence-electron chi connectivity index (χ2n) is 7.04. The van der Waals surface area contributed by atoms with Crippen LogP contribution in [0.2, 0.25) is 0 Å². The van der Waals surface area contributed by atoms with E-state index in [2.05, 4.69) is 13.0 Å².